The fraction of sp³-hybridized carbons (Fsp3) is 0.250. The highest BCUT2D eigenvalue weighted by Crippen LogP contribution is 2.13. The van der Waals surface area contributed by atoms with Gasteiger partial charge < -0.3 is 5.11 Å². The monoisotopic (exact) mass is 234 g/mol. The number of aromatic nitrogens is 2. The van der Waals surface area contributed by atoms with Crippen LogP contribution in [-0.2, 0) is 11.2 Å². The minimum absolute atomic E-state index is 0.238. The molecule has 0 bridgehead atoms. The summed E-state index contributed by atoms with van der Waals surface area (Å²) in [4.78, 5) is 18.9. The Morgan fingerprint density at radius 1 is 1.53 bits per heavy atom. The second-order valence-electron chi connectivity index (χ2n) is 3.93. The van der Waals surface area contributed by atoms with Crippen LogP contribution in [0.3, 0.4) is 0 Å². The number of benzene rings is 1. The Kier molecular flexibility index (Phi) is 2.99. The number of rotatable bonds is 3. The molecule has 0 fully saturated rings. The Morgan fingerprint density at radius 3 is 3.00 bits per heavy atom. The van der Waals surface area contributed by atoms with Crippen LogP contribution >= 0.6 is 0 Å². The number of carbonyl (C=O) groups is 1. The third kappa shape index (κ3) is 2.55. The van der Waals surface area contributed by atoms with Crippen molar-refractivity contribution >= 4 is 16.9 Å². The van der Waals surface area contributed by atoms with Crippen LogP contribution in [-0.4, -0.2) is 21.0 Å². The van der Waals surface area contributed by atoms with E-state index in [1.54, 1.807) is 19.2 Å². The molecule has 1 N–H and O–H groups in total. The minimum Gasteiger partial charge on any atom is -0.481 e. The third-order valence-electron chi connectivity index (χ3n) is 2.50. The van der Waals surface area contributed by atoms with Gasteiger partial charge in [-0.15, -0.1) is 0 Å². The molecule has 17 heavy (non-hydrogen) atoms. The first-order chi connectivity index (χ1) is 8.06. The van der Waals surface area contributed by atoms with E-state index in [-0.39, 0.29) is 12.2 Å². The Hall–Kier alpha value is -2.04. The van der Waals surface area contributed by atoms with Crippen LogP contribution in [0.5, 0.6) is 0 Å². The molecule has 1 aromatic carbocycles. The smallest absolute Gasteiger partial charge is 0.306 e. The van der Waals surface area contributed by atoms with Crippen molar-refractivity contribution in [2.45, 2.75) is 13.3 Å². The molecule has 0 amide bonds. The molecule has 0 saturated carbocycles. The first kappa shape index (κ1) is 11.4. The summed E-state index contributed by atoms with van der Waals surface area (Å²) in [6.07, 6.45) is 1.81. The maximum Gasteiger partial charge on any atom is 0.306 e. The summed E-state index contributed by atoms with van der Waals surface area (Å²) in [7, 11) is 0. The van der Waals surface area contributed by atoms with E-state index in [4.69, 9.17) is 5.11 Å². The number of carboxylic acid groups (broad SMARTS) is 1. The lowest BCUT2D eigenvalue weighted by atomic mass is 10.1. The van der Waals surface area contributed by atoms with Gasteiger partial charge in [-0.3, -0.25) is 4.79 Å². The predicted molar refractivity (Wildman–Crippen MR) is 60.0 cm³/mol. The quantitative estimate of drug-likeness (QED) is 0.882. The van der Waals surface area contributed by atoms with Crippen molar-refractivity contribution in [1.82, 2.24) is 9.97 Å². The normalized spacial score (nSPS) is 12.6. The second-order valence-corrected chi connectivity index (χ2v) is 3.93. The van der Waals surface area contributed by atoms with Gasteiger partial charge in [-0.1, -0.05) is 6.92 Å². The van der Waals surface area contributed by atoms with Gasteiger partial charge in [0.1, 0.15) is 11.6 Å². The lowest BCUT2D eigenvalue weighted by Gasteiger charge is -2.05. The van der Waals surface area contributed by atoms with Crippen LogP contribution in [0.25, 0.3) is 10.9 Å². The summed E-state index contributed by atoms with van der Waals surface area (Å²) in [5, 5.41) is 9.52. The molecule has 0 spiro atoms. The molecule has 0 radical (unpaired) electrons. The van der Waals surface area contributed by atoms with E-state index in [1.165, 1.54) is 12.1 Å². The Balaban J connectivity index is 2.33. The lowest BCUT2D eigenvalue weighted by molar-refractivity contribution is -0.141. The molecule has 1 unspecified atom stereocenters. The standard InChI is InChI=1S/C12H11FN2O2/c1-7(12(16)17)4-11-14-6-8-2-3-9(13)5-10(8)15-11/h2-3,5-7H,4H2,1H3,(H,16,17). The fourth-order valence-corrected chi connectivity index (χ4v) is 1.49. The Bertz CT molecular complexity index is 571. The summed E-state index contributed by atoms with van der Waals surface area (Å²) >= 11 is 0. The zero-order valence-electron chi connectivity index (χ0n) is 9.22. The largest absolute Gasteiger partial charge is 0.481 e. The molecule has 2 rings (SSSR count). The van der Waals surface area contributed by atoms with Gasteiger partial charge in [-0.2, -0.15) is 0 Å². The zero-order chi connectivity index (χ0) is 12.4. The molecule has 1 atom stereocenters. The molecule has 5 heteroatoms. The average Bonchev–Trinajstić information content (AvgIpc) is 2.28. The van der Waals surface area contributed by atoms with E-state index < -0.39 is 11.9 Å². The highest BCUT2D eigenvalue weighted by atomic mass is 19.1. The highest BCUT2D eigenvalue weighted by molar-refractivity contribution is 5.77. The molecule has 0 aliphatic rings. The second kappa shape index (κ2) is 4.45. The van der Waals surface area contributed by atoms with E-state index in [1.807, 2.05) is 0 Å². The number of carboxylic acids is 1. The van der Waals surface area contributed by atoms with Crippen LogP contribution in [0.2, 0.25) is 0 Å². The van der Waals surface area contributed by atoms with Gasteiger partial charge in [0.05, 0.1) is 11.4 Å². The maximum atomic E-state index is 13.0. The summed E-state index contributed by atoms with van der Waals surface area (Å²) in [5.41, 5.74) is 0.493. The molecule has 0 aliphatic carbocycles. The van der Waals surface area contributed by atoms with E-state index in [0.29, 0.717) is 11.3 Å². The van der Waals surface area contributed by atoms with Crippen LogP contribution in [0, 0.1) is 11.7 Å². The number of halogens is 1. The lowest BCUT2D eigenvalue weighted by Crippen LogP contribution is -2.14. The zero-order valence-corrected chi connectivity index (χ0v) is 9.22. The van der Waals surface area contributed by atoms with Crippen LogP contribution in [0.1, 0.15) is 12.7 Å². The molecular formula is C12H11FN2O2. The number of hydrogen-bond donors (Lipinski definition) is 1. The third-order valence-corrected chi connectivity index (χ3v) is 2.50. The van der Waals surface area contributed by atoms with Crippen LogP contribution in [0.4, 0.5) is 4.39 Å². The number of aliphatic carboxylic acids is 1. The molecular weight excluding hydrogens is 223 g/mol. The molecule has 1 aromatic heterocycles. The molecule has 4 nitrogen and oxygen atoms in total. The van der Waals surface area contributed by atoms with Gasteiger partial charge in [-0.25, -0.2) is 14.4 Å². The molecule has 1 heterocycles. The SMILES string of the molecule is CC(Cc1ncc2ccc(F)cc2n1)C(=O)O. The molecule has 0 saturated heterocycles. The molecule has 88 valence electrons. The first-order valence-electron chi connectivity index (χ1n) is 5.20. The summed E-state index contributed by atoms with van der Waals surface area (Å²) in [6, 6.07) is 4.24. The van der Waals surface area contributed by atoms with Gasteiger partial charge in [0.2, 0.25) is 0 Å². The van der Waals surface area contributed by atoms with Gasteiger partial charge in [0, 0.05) is 24.1 Å². The van der Waals surface area contributed by atoms with Crippen molar-refractivity contribution < 1.29 is 14.3 Å². The number of nitrogens with zero attached hydrogens (tertiary/aromatic N) is 2. The van der Waals surface area contributed by atoms with Crippen molar-refractivity contribution in [3.63, 3.8) is 0 Å². The first-order valence-corrected chi connectivity index (χ1v) is 5.20. The van der Waals surface area contributed by atoms with Crippen LogP contribution < -0.4 is 0 Å². The Morgan fingerprint density at radius 2 is 2.29 bits per heavy atom. The number of fused-ring (bicyclic) bond motifs is 1. The maximum absolute atomic E-state index is 13.0. The predicted octanol–water partition coefficient (Wildman–Crippen LogP) is 2.03. The van der Waals surface area contributed by atoms with Gasteiger partial charge in [0.15, 0.2) is 0 Å². The fourth-order valence-electron chi connectivity index (χ4n) is 1.49. The summed E-state index contributed by atoms with van der Waals surface area (Å²) in [6.45, 7) is 1.58. The summed E-state index contributed by atoms with van der Waals surface area (Å²) < 4.78 is 13.0. The molecule has 0 aliphatic heterocycles. The van der Waals surface area contributed by atoms with Gasteiger partial charge >= 0.3 is 5.97 Å². The van der Waals surface area contributed by atoms with E-state index >= 15 is 0 Å². The van der Waals surface area contributed by atoms with Gasteiger partial charge in [-0.05, 0) is 12.1 Å². The summed E-state index contributed by atoms with van der Waals surface area (Å²) in [5.74, 6) is -1.40. The number of hydrogen-bond acceptors (Lipinski definition) is 3. The topological polar surface area (TPSA) is 63.1 Å². The van der Waals surface area contributed by atoms with Crippen molar-refractivity contribution in [1.29, 1.82) is 0 Å². The van der Waals surface area contributed by atoms with Crippen molar-refractivity contribution in [2.24, 2.45) is 5.92 Å². The minimum atomic E-state index is -0.895. The van der Waals surface area contributed by atoms with Gasteiger partial charge in [0.25, 0.3) is 0 Å². The van der Waals surface area contributed by atoms with Crippen molar-refractivity contribution in [2.75, 3.05) is 0 Å². The van der Waals surface area contributed by atoms with Crippen LogP contribution in [0.15, 0.2) is 24.4 Å². The molecule has 2 aromatic rings. The Labute approximate surface area is 97.1 Å². The van der Waals surface area contributed by atoms with Crippen molar-refractivity contribution in [3.8, 4) is 0 Å². The van der Waals surface area contributed by atoms with E-state index in [9.17, 15) is 9.18 Å². The van der Waals surface area contributed by atoms with Crippen molar-refractivity contribution in [3.05, 3.63) is 36.0 Å². The average molecular weight is 234 g/mol. The van der Waals surface area contributed by atoms with E-state index in [0.717, 1.165) is 5.39 Å². The highest BCUT2D eigenvalue weighted by Gasteiger charge is 2.13. The van der Waals surface area contributed by atoms with E-state index in [2.05, 4.69) is 9.97 Å².